The molecule has 2 unspecified atom stereocenters. The van der Waals surface area contributed by atoms with Gasteiger partial charge >= 0.3 is 0 Å². The first-order valence-corrected chi connectivity index (χ1v) is 12.3. The number of allylic oxidation sites excluding steroid dienone is 2. The van der Waals surface area contributed by atoms with Crippen LogP contribution in [0.1, 0.15) is 98.3 Å². The molecule has 1 N–H and O–H groups in total. The second kappa shape index (κ2) is 7.51. The maximum Gasteiger partial charge on any atom is 0.113 e. The number of aliphatic hydroxyl groups excluding tert-OH is 1. The van der Waals surface area contributed by atoms with Crippen molar-refractivity contribution < 1.29 is 5.11 Å². The molecular weight excluding hydrogens is 340 g/mol. The van der Waals surface area contributed by atoms with Gasteiger partial charge in [-0.25, -0.2) is 0 Å². The quantitative estimate of drug-likeness (QED) is 0.383. The van der Waals surface area contributed by atoms with E-state index in [1.807, 2.05) is 13.0 Å². The largest absolute Gasteiger partial charge is 0.508 e. The Morgan fingerprint density at radius 2 is 1.75 bits per heavy atom. The van der Waals surface area contributed by atoms with Gasteiger partial charge in [-0.3, -0.25) is 0 Å². The van der Waals surface area contributed by atoms with E-state index in [-0.39, 0.29) is 0 Å². The molecule has 0 amide bonds. The van der Waals surface area contributed by atoms with Gasteiger partial charge in [0.05, 0.1) is 0 Å². The van der Waals surface area contributed by atoms with Crippen LogP contribution in [0.5, 0.6) is 0 Å². The maximum atomic E-state index is 10.1. The third-order valence-corrected chi connectivity index (χ3v) is 10.5. The van der Waals surface area contributed by atoms with Gasteiger partial charge in [-0.05, 0) is 123 Å². The number of hydrogen-bond donors (Lipinski definition) is 1. The summed E-state index contributed by atoms with van der Waals surface area (Å²) in [6.07, 6.45) is 17.9. The van der Waals surface area contributed by atoms with Gasteiger partial charge < -0.3 is 5.11 Å². The van der Waals surface area contributed by atoms with Crippen LogP contribution < -0.4 is 0 Å². The van der Waals surface area contributed by atoms with Crippen LogP contribution >= 0.6 is 0 Å². The summed E-state index contributed by atoms with van der Waals surface area (Å²) in [5, 5.41) is 10.1. The Labute approximate surface area is 174 Å². The Kier molecular flexibility index (Phi) is 5.51. The van der Waals surface area contributed by atoms with Crippen LogP contribution in [-0.4, -0.2) is 5.11 Å². The minimum atomic E-state index is 0.402. The lowest BCUT2D eigenvalue weighted by atomic mass is 9.44. The molecule has 8 atom stereocenters. The van der Waals surface area contributed by atoms with Crippen LogP contribution in [0.15, 0.2) is 24.0 Å². The van der Waals surface area contributed by atoms with Gasteiger partial charge in [0.2, 0.25) is 0 Å². The summed E-state index contributed by atoms with van der Waals surface area (Å²) in [4.78, 5) is 0. The van der Waals surface area contributed by atoms with E-state index in [0.29, 0.717) is 22.5 Å². The lowest BCUT2D eigenvalue weighted by Crippen LogP contribution is -2.53. The van der Waals surface area contributed by atoms with Gasteiger partial charge in [0.1, 0.15) is 5.76 Å². The molecule has 0 saturated heterocycles. The van der Waals surface area contributed by atoms with Crippen LogP contribution in [0.2, 0.25) is 0 Å². The molecule has 0 bridgehead atoms. The predicted molar refractivity (Wildman–Crippen MR) is 119 cm³/mol. The molecule has 1 nitrogen and oxygen atoms in total. The zero-order chi connectivity index (χ0) is 20.1. The number of aliphatic hydroxyl groups is 1. The molecule has 0 aromatic heterocycles. The first-order valence-electron chi connectivity index (χ1n) is 12.3. The zero-order valence-electron chi connectivity index (χ0n) is 19.0. The van der Waals surface area contributed by atoms with E-state index >= 15 is 0 Å². The summed E-state index contributed by atoms with van der Waals surface area (Å²) in [5.41, 5.74) is 1.98. The molecule has 0 spiro atoms. The average molecular weight is 385 g/mol. The molecular formula is C27H44O. The highest BCUT2D eigenvalue weighted by atomic mass is 16.3. The van der Waals surface area contributed by atoms with Crippen LogP contribution in [-0.2, 0) is 0 Å². The summed E-state index contributed by atoms with van der Waals surface area (Å²) in [5.74, 6) is 5.87. The second-order valence-electron chi connectivity index (χ2n) is 11.7. The Balaban J connectivity index is 1.50. The normalized spacial score (nSPS) is 47.0. The second-order valence-corrected chi connectivity index (χ2v) is 11.7. The van der Waals surface area contributed by atoms with Crippen LogP contribution in [0.25, 0.3) is 0 Å². The van der Waals surface area contributed by atoms with Crippen molar-refractivity contribution in [2.24, 2.45) is 46.3 Å². The SMILES string of the molecule is C=C(C)C(O)=CCC(C)[C@H]1CC[C@H]2[C@@H]3CCC4CCCC[C@]4(C)[C@H]3CC[C@]12C. The summed E-state index contributed by atoms with van der Waals surface area (Å²) < 4.78 is 0. The summed E-state index contributed by atoms with van der Waals surface area (Å²) >= 11 is 0. The third kappa shape index (κ3) is 3.20. The Bertz CT molecular complexity index is 632. The lowest BCUT2D eigenvalue weighted by Gasteiger charge is -2.61. The van der Waals surface area contributed by atoms with E-state index < -0.39 is 0 Å². The molecule has 4 aliphatic rings. The standard InChI is InChI=1S/C27H44O/c1-18(2)25(28)14-9-19(3)22-12-13-23-21-11-10-20-8-6-7-16-26(20,4)24(21)15-17-27(22,23)5/h14,19-24,28H,1,6-13,15-17H2,2-5H3/t19?,20?,21-,22+,23-,24-,26-,27+/m0/s1. The smallest absolute Gasteiger partial charge is 0.113 e. The van der Waals surface area contributed by atoms with E-state index in [0.717, 1.165) is 41.6 Å². The van der Waals surface area contributed by atoms with Crippen LogP contribution in [0.4, 0.5) is 0 Å². The maximum absolute atomic E-state index is 10.1. The predicted octanol–water partition coefficient (Wildman–Crippen LogP) is 8.08. The van der Waals surface area contributed by atoms with Gasteiger partial charge in [-0.1, -0.05) is 40.2 Å². The first-order chi connectivity index (χ1) is 13.3. The molecule has 28 heavy (non-hydrogen) atoms. The molecule has 0 aromatic rings. The molecule has 0 radical (unpaired) electrons. The number of hydrogen-bond acceptors (Lipinski definition) is 1. The first kappa shape index (κ1) is 20.5. The molecule has 4 rings (SSSR count). The Hall–Kier alpha value is -0.720. The van der Waals surface area contributed by atoms with Crippen LogP contribution in [0.3, 0.4) is 0 Å². The number of rotatable bonds is 4. The van der Waals surface area contributed by atoms with Gasteiger partial charge in [-0.15, -0.1) is 0 Å². The van der Waals surface area contributed by atoms with Crippen molar-refractivity contribution in [1.82, 2.24) is 0 Å². The fraction of sp³-hybridized carbons (Fsp3) is 0.852. The molecule has 1 heteroatoms. The van der Waals surface area contributed by atoms with Crippen molar-refractivity contribution in [2.45, 2.75) is 98.3 Å². The number of fused-ring (bicyclic) bond motifs is 5. The van der Waals surface area contributed by atoms with E-state index in [2.05, 4.69) is 27.4 Å². The topological polar surface area (TPSA) is 20.2 Å². The lowest BCUT2D eigenvalue weighted by molar-refractivity contribution is -0.114. The third-order valence-electron chi connectivity index (χ3n) is 10.5. The van der Waals surface area contributed by atoms with E-state index in [1.54, 1.807) is 0 Å². The van der Waals surface area contributed by atoms with Crippen molar-refractivity contribution in [2.75, 3.05) is 0 Å². The van der Waals surface area contributed by atoms with Gasteiger partial charge in [-0.2, -0.15) is 0 Å². The Morgan fingerprint density at radius 1 is 1.00 bits per heavy atom. The minimum absolute atomic E-state index is 0.402. The summed E-state index contributed by atoms with van der Waals surface area (Å²) in [7, 11) is 0. The molecule has 158 valence electrons. The summed E-state index contributed by atoms with van der Waals surface area (Å²) in [6.45, 7) is 13.6. The molecule has 0 heterocycles. The molecule has 0 aromatic carbocycles. The zero-order valence-corrected chi connectivity index (χ0v) is 19.0. The minimum Gasteiger partial charge on any atom is -0.508 e. The molecule has 4 aliphatic carbocycles. The highest BCUT2D eigenvalue weighted by Crippen LogP contribution is 2.68. The monoisotopic (exact) mass is 384 g/mol. The van der Waals surface area contributed by atoms with E-state index in [4.69, 9.17) is 0 Å². The fourth-order valence-corrected chi connectivity index (χ4v) is 8.91. The average Bonchev–Trinajstić information content (AvgIpc) is 3.02. The van der Waals surface area contributed by atoms with Crippen molar-refractivity contribution in [3.63, 3.8) is 0 Å². The van der Waals surface area contributed by atoms with E-state index in [9.17, 15) is 5.11 Å². The van der Waals surface area contributed by atoms with Crippen molar-refractivity contribution in [3.8, 4) is 0 Å². The molecule has 4 fully saturated rings. The molecule has 4 saturated carbocycles. The summed E-state index contributed by atoms with van der Waals surface area (Å²) in [6, 6.07) is 0. The van der Waals surface area contributed by atoms with Crippen LogP contribution in [0, 0.1) is 46.3 Å². The molecule has 0 aliphatic heterocycles. The highest BCUT2D eigenvalue weighted by Gasteiger charge is 2.59. The fourth-order valence-electron chi connectivity index (χ4n) is 8.91. The van der Waals surface area contributed by atoms with Gasteiger partial charge in [0.15, 0.2) is 0 Å². The van der Waals surface area contributed by atoms with Crippen molar-refractivity contribution in [1.29, 1.82) is 0 Å². The highest BCUT2D eigenvalue weighted by molar-refractivity contribution is 5.18. The van der Waals surface area contributed by atoms with Gasteiger partial charge in [0.25, 0.3) is 0 Å². The van der Waals surface area contributed by atoms with Crippen molar-refractivity contribution in [3.05, 3.63) is 24.0 Å². The van der Waals surface area contributed by atoms with Gasteiger partial charge in [0, 0.05) is 0 Å². The Morgan fingerprint density at radius 3 is 2.50 bits per heavy atom. The van der Waals surface area contributed by atoms with E-state index in [1.165, 1.54) is 64.2 Å². The van der Waals surface area contributed by atoms with Crippen molar-refractivity contribution >= 4 is 0 Å².